The number of aromatic amines is 3. The number of fused-ring (bicyclic) bond motifs is 9. The number of nitrogens with zero attached hydrogens (tertiary/aromatic N) is 1. The molecule has 4 nitrogen and oxygen atoms in total. The van der Waals surface area contributed by atoms with Crippen molar-refractivity contribution in [2.45, 2.75) is 27.7 Å². The molecule has 4 aromatic heterocycles. The van der Waals surface area contributed by atoms with Gasteiger partial charge in [-0.05, 0) is 90.9 Å². The summed E-state index contributed by atoms with van der Waals surface area (Å²) in [6.45, 7) is 8.92. The number of hydrogen-bond acceptors (Lipinski definition) is 1. The average molecular weight is 583 g/mol. The Labute approximate surface area is 262 Å². The van der Waals surface area contributed by atoms with E-state index in [0.29, 0.717) is 0 Å². The van der Waals surface area contributed by atoms with Gasteiger partial charge in [-0.1, -0.05) is 91.0 Å². The molecule has 3 N–H and O–H groups in total. The minimum absolute atomic E-state index is 0.921. The van der Waals surface area contributed by atoms with Crippen LogP contribution in [0.5, 0.6) is 0 Å². The van der Waals surface area contributed by atoms with E-state index < -0.39 is 0 Å². The lowest BCUT2D eigenvalue weighted by atomic mass is 9.99. The lowest BCUT2D eigenvalue weighted by Gasteiger charge is -2.06. The van der Waals surface area contributed by atoms with Gasteiger partial charge in [-0.3, -0.25) is 0 Å². The molecule has 4 heteroatoms. The molecule has 0 amide bonds. The van der Waals surface area contributed by atoms with Crippen molar-refractivity contribution in [1.29, 1.82) is 0 Å². The highest BCUT2D eigenvalue weighted by molar-refractivity contribution is 6.04. The van der Waals surface area contributed by atoms with Crippen molar-refractivity contribution in [2.75, 3.05) is 0 Å². The summed E-state index contributed by atoms with van der Waals surface area (Å²) >= 11 is 0. The van der Waals surface area contributed by atoms with Crippen LogP contribution >= 0.6 is 0 Å². The third kappa shape index (κ3) is 4.33. The number of hydrogen-bond donors (Lipinski definition) is 3. The highest BCUT2D eigenvalue weighted by atomic mass is 14.8. The van der Waals surface area contributed by atoms with Gasteiger partial charge >= 0.3 is 0 Å². The summed E-state index contributed by atoms with van der Waals surface area (Å²) < 4.78 is 0. The predicted octanol–water partition coefficient (Wildman–Crippen LogP) is 10.9. The number of rotatable bonds is 3. The van der Waals surface area contributed by atoms with E-state index in [1.165, 1.54) is 22.3 Å². The number of aryl methyl sites for hydroxylation is 4. The van der Waals surface area contributed by atoms with Crippen LogP contribution in [0, 0.1) is 27.7 Å². The van der Waals surface area contributed by atoms with Gasteiger partial charge in [-0.25, -0.2) is 4.98 Å². The zero-order chi connectivity index (χ0) is 30.7. The van der Waals surface area contributed by atoms with Crippen LogP contribution in [0.1, 0.15) is 33.6 Å². The molecule has 0 unspecified atom stereocenters. The predicted molar refractivity (Wildman–Crippen MR) is 190 cm³/mol. The molecule has 45 heavy (non-hydrogen) atoms. The van der Waals surface area contributed by atoms with Crippen molar-refractivity contribution in [3.63, 3.8) is 0 Å². The minimum Gasteiger partial charge on any atom is -0.354 e. The first-order valence-electron chi connectivity index (χ1n) is 15.5. The quantitative estimate of drug-likeness (QED) is 0.191. The van der Waals surface area contributed by atoms with Gasteiger partial charge in [0.15, 0.2) is 0 Å². The van der Waals surface area contributed by atoms with Crippen molar-refractivity contribution in [3.05, 3.63) is 137 Å². The lowest BCUT2D eigenvalue weighted by molar-refractivity contribution is 1.32. The van der Waals surface area contributed by atoms with Crippen LogP contribution in [-0.4, -0.2) is 19.9 Å². The molecule has 0 atom stereocenters. The third-order valence-corrected chi connectivity index (χ3v) is 9.44. The van der Waals surface area contributed by atoms with E-state index in [4.69, 9.17) is 4.98 Å². The number of H-pyrrole nitrogens is 3. The molecular formula is C41H34N4. The molecule has 1 aliphatic heterocycles. The van der Waals surface area contributed by atoms with Gasteiger partial charge in [0.25, 0.3) is 0 Å². The monoisotopic (exact) mass is 582 g/mol. The minimum atomic E-state index is 0.921. The normalized spacial score (nSPS) is 11.9. The number of aromatic nitrogens is 4. The second-order valence-electron chi connectivity index (χ2n) is 12.0. The summed E-state index contributed by atoms with van der Waals surface area (Å²) in [6, 6.07) is 36.3. The SMILES string of the molecule is Cc1c(C)c2[nH]c1c(-c1ccccc1)c1nc(c3ccc([nH]3)c(-c3ccccc3)c3[nH]c(c(C)c3C)c2-c2ccccc2)C=C1. The van der Waals surface area contributed by atoms with Gasteiger partial charge < -0.3 is 15.0 Å². The van der Waals surface area contributed by atoms with Crippen LogP contribution in [-0.2, 0) is 0 Å². The standard InChI is InChI=1S/C41H34N4/c1-24-26(3)40-37(30-18-12-7-13-19-30)41-27(4)25(2)39(45-41)36(29-16-10-6-11-17-29)34-23-21-32(43-34)31-20-22-33(42-31)35(38(24)44-40)28-14-8-5-9-15-28/h5-23,42,44-45H,1-4H3. The van der Waals surface area contributed by atoms with Gasteiger partial charge in [0.05, 0.1) is 39.0 Å². The molecule has 0 saturated carbocycles. The molecule has 7 aromatic rings. The fraction of sp³-hybridized carbons (Fsp3) is 0.0976. The smallest absolute Gasteiger partial charge is 0.0872 e. The Morgan fingerprint density at radius 2 is 0.778 bits per heavy atom. The summed E-state index contributed by atoms with van der Waals surface area (Å²) in [5, 5.41) is 0. The first kappa shape index (κ1) is 27.0. The maximum absolute atomic E-state index is 5.24. The highest BCUT2D eigenvalue weighted by Gasteiger charge is 2.20. The molecule has 0 spiro atoms. The topological polar surface area (TPSA) is 60.3 Å². The summed E-state index contributed by atoms with van der Waals surface area (Å²) in [6.07, 6.45) is 4.27. The van der Waals surface area contributed by atoms with E-state index in [-0.39, 0.29) is 0 Å². The maximum atomic E-state index is 5.24. The number of benzene rings is 3. The molecule has 218 valence electrons. The van der Waals surface area contributed by atoms with Crippen LogP contribution in [0.2, 0.25) is 0 Å². The van der Waals surface area contributed by atoms with E-state index in [0.717, 1.165) is 77.9 Å². The summed E-state index contributed by atoms with van der Waals surface area (Å²) in [5.41, 5.74) is 20.1. The average Bonchev–Trinajstić information content (AvgIpc) is 3.86. The molecule has 0 saturated heterocycles. The van der Waals surface area contributed by atoms with Crippen LogP contribution in [0.25, 0.3) is 78.6 Å². The molecule has 1 aliphatic rings. The fourth-order valence-electron chi connectivity index (χ4n) is 6.80. The zero-order valence-corrected chi connectivity index (χ0v) is 25.9. The van der Waals surface area contributed by atoms with E-state index >= 15 is 0 Å². The van der Waals surface area contributed by atoms with E-state index in [2.05, 4.69) is 158 Å². The van der Waals surface area contributed by atoms with Crippen LogP contribution in [0.4, 0.5) is 0 Å². The summed E-state index contributed by atoms with van der Waals surface area (Å²) in [7, 11) is 0. The van der Waals surface area contributed by atoms with E-state index in [9.17, 15) is 0 Å². The Hall–Kier alpha value is -5.61. The number of nitrogens with one attached hydrogen (secondary N) is 3. The van der Waals surface area contributed by atoms with Crippen molar-refractivity contribution < 1.29 is 0 Å². The van der Waals surface area contributed by atoms with Crippen molar-refractivity contribution in [2.24, 2.45) is 0 Å². The van der Waals surface area contributed by atoms with Crippen LogP contribution in [0.3, 0.4) is 0 Å². The van der Waals surface area contributed by atoms with Crippen LogP contribution in [0.15, 0.2) is 103 Å². The Balaban J connectivity index is 1.67. The summed E-state index contributed by atoms with van der Waals surface area (Å²) in [5.74, 6) is 0. The van der Waals surface area contributed by atoms with Crippen molar-refractivity contribution in [1.82, 2.24) is 19.9 Å². The first-order valence-corrected chi connectivity index (χ1v) is 15.5. The molecule has 8 bridgehead atoms. The summed E-state index contributed by atoms with van der Waals surface area (Å²) in [4.78, 5) is 16.9. The van der Waals surface area contributed by atoms with Gasteiger partial charge in [0, 0.05) is 22.2 Å². The van der Waals surface area contributed by atoms with Crippen LogP contribution < -0.4 is 0 Å². The molecular weight excluding hydrogens is 548 g/mol. The molecule has 0 radical (unpaired) electrons. The second kappa shape index (κ2) is 10.5. The molecule has 0 aliphatic carbocycles. The Morgan fingerprint density at radius 1 is 0.378 bits per heavy atom. The van der Waals surface area contributed by atoms with E-state index in [1.807, 2.05) is 0 Å². The largest absolute Gasteiger partial charge is 0.354 e. The van der Waals surface area contributed by atoms with Crippen molar-refractivity contribution >= 4 is 45.3 Å². The molecule has 3 aromatic carbocycles. The van der Waals surface area contributed by atoms with Gasteiger partial charge in [-0.15, -0.1) is 0 Å². The second-order valence-corrected chi connectivity index (χ2v) is 12.0. The van der Waals surface area contributed by atoms with Gasteiger partial charge in [0.2, 0.25) is 0 Å². The molecule has 8 rings (SSSR count). The molecule has 0 fully saturated rings. The Morgan fingerprint density at radius 3 is 1.31 bits per heavy atom. The first-order chi connectivity index (χ1) is 22.0. The van der Waals surface area contributed by atoms with Gasteiger partial charge in [0.1, 0.15) is 0 Å². The lowest BCUT2D eigenvalue weighted by Crippen LogP contribution is -1.87. The maximum Gasteiger partial charge on any atom is 0.0872 e. The van der Waals surface area contributed by atoms with E-state index in [1.54, 1.807) is 0 Å². The van der Waals surface area contributed by atoms with Gasteiger partial charge in [-0.2, -0.15) is 0 Å². The zero-order valence-electron chi connectivity index (χ0n) is 25.9. The Kier molecular flexibility index (Phi) is 6.31. The highest BCUT2D eigenvalue weighted by Crippen LogP contribution is 2.40. The van der Waals surface area contributed by atoms with Crippen molar-refractivity contribution in [3.8, 4) is 33.4 Å². The third-order valence-electron chi connectivity index (χ3n) is 9.44. The fourth-order valence-corrected chi connectivity index (χ4v) is 6.80. The Bertz CT molecular complexity index is 2390. The molecule has 5 heterocycles.